The molecule has 4 nitrogen and oxygen atoms in total. The SMILES string of the molecule is NCCCn1cc(N)ccc1=O. The topological polar surface area (TPSA) is 74.0 Å². The van der Waals surface area contributed by atoms with Gasteiger partial charge in [-0.25, -0.2) is 0 Å². The summed E-state index contributed by atoms with van der Waals surface area (Å²) in [6.07, 6.45) is 2.43. The van der Waals surface area contributed by atoms with E-state index in [0.29, 0.717) is 18.8 Å². The zero-order valence-electron chi connectivity index (χ0n) is 6.86. The minimum absolute atomic E-state index is 0.0300. The first-order valence-electron chi connectivity index (χ1n) is 3.90. The van der Waals surface area contributed by atoms with Crippen LogP contribution in [0.1, 0.15) is 6.42 Å². The fraction of sp³-hybridized carbons (Fsp3) is 0.375. The monoisotopic (exact) mass is 167 g/mol. The molecule has 0 unspecified atom stereocenters. The average molecular weight is 167 g/mol. The average Bonchev–Trinajstić information content (AvgIpc) is 2.07. The Morgan fingerprint density at radius 2 is 2.17 bits per heavy atom. The zero-order chi connectivity index (χ0) is 8.97. The summed E-state index contributed by atoms with van der Waals surface area (Å²) >= 11 is 0. The second-order valence-corrected chi connectivity index (χ2v) is 2.64. The van der Waals surface area contributed by atoms with E-state index < -0.39 is 0 Å². The van der Waals surface area contributed by atoms with E-state index in [1.165, 1.54) is 6.07 Å². The van der Waals surface area contributed by atoms with Crippen molar-refractivity contribution in [1.82, 2.24) is 4.57 Å². The quantitative estimate of drug-likeness (QED) is 0.653. The van der Waals surface area contributed by atoms with Gasteiger partial charge in [-0.05, 0) is 19.0 Å². The summed E-state index contributed by atoms with van der Waals surface area (Å²) < 4.78 is 1.57. The molecule has 0 saturated heterocycles. The number of anilines is 1. The molecular formula is C8H13N3O. The lowest BCUT2D eigenvalue weighted by Gasteiger charge is -2.03. The highest BCUT2D eigenvalue weighted by Gasteiger charge is 1.94. The number of nitrogens with zero attached hydrogens (tertiary/aromatic N) is 1. The van der Waals surface area contributed by atoms with Gasteiger partial charge in [0, 0.05) is 24.5 Å². The molecule has 0 aromatic carbocycles. The summed E-state index contributed by atoms with van der Waals surface area (Å²) in [4.78, 5) is 11.1. The lowest BCUT2D eigenvalue weighted by atomic mass is 10.4. The molecule has 4 heteroatoms. The van der Waals surface area contributed by atoms with Crippen molar-refractivity contribution in [3.63, 3.8) is 0 Å². The van der Waals surface area contributed by atoms with Gasteiger partial charge in [-0.15, -0.1) is 0 Å². The number of nitrogens with two attached hydrogens (primary N) is 2. The predicted molar refractivity (Wildman–Crippen MR) is 48.8 cm³/mol. The van der Waals surface area contributed by atoms with Crippen molar-refractivity contribution >= 4 is 5.69 Å². The van der Waals surface area contributed by atoms with Crippen LogP contribution in [-0.2, 0) is 6.54 Å². The number of hydrogen-bond donors (Lipinski definition) is 2. The van der Waals surface area contributed by atoms with Crippen LogP contribution in [-0.4, -0.2) is 11.1 Å². The van der Waals surface area contributed by atoms with Crippen LogP contribution in [0.15, 0.2) is 23.1 Å². The van der Waals surface area contributed by atoms with Gasteiger partial charge < -0.3 is 16.0 Å². The Balaban J connectivity index is 2.83. The number of aromatic nitrogens is 1. The fourth-order valence-corrected chi connectivity index (χ4v) is 0.986. The molecule has 1 aromatic rings. The Morgan fingerprint density at radius 3 is 2.83 bits per heavy atom. The highest BCUT2D eigenvalue weighted by Crippen LogP contribution is 1.95. The molecule has 12 heavy (non-hydrogen) atoms. The second kappa shape index (κ2) is 3.92. The van der Waals surface area contributed by atoms with Gasteiger partial charge >= 0.3 is 0 Å². The lowest BCUT2D eigenvalue weighted by molar-refractivity contribution is 0.631. The molecule has 0 atom stereocenters. The van der Waals surface area contributed by atoms with E-state index in [9.17, 15) is 4.79 Å². The number of nitrogen functional groups attached to an aromatic ring is 1. The maximum Gasteiger partial charge on any atom is 0.250 e. The van der Waals surface area contributed by atoms with Crippen molar-refractivity contribution in [3.05, 3.63) is 28.7 Å². The molecule has 0 bridgehead atoms. The van der Waals surface area contributed by atoms with Crippen LogP contribution in [0.4, 0.5) is 5.69 Å². The van der Waals surface area contributed by atoms with Crippen molar-refractivity contribution in [2.45, 2.75) is 13.0 Å². The molecule has 66 valence electrons. The summed E-state index contributed by atoms with van der Waals surface area (Å²) in [5, 5.41) is 0. The van der Waals surface area contributed by atoms with Crippen LogP contribution in [0.3, 0.4) is 0 Å². The van der Waals surface area contributed by atoms with Gasteiger partial charge in [-0.1, -0.05) is 0 Å². The number of rotatable bonds is 3. The Morgan fingerprint density at radius 1 is 1.42 bits per heavy atom. The lowest BCUT2D eigenvalue weighted by Crippen LogP contribution is -2.20. The molecule has 1 aromatic heterocycles. The molecule has 0 fully saturated rings. The first-order valence-corrected chi connectivity index (χ1v) is 3.90. The van der Waals surface area contributed by atoms with Crippen LogP contribution in [0.25, 0.3) is 0 Å². The molecule has 1 rings (SSSR count). The van der Waals surface area contributed by atoms with Crippen molar-refractivity contribution in [3.8, 4) is 0 Å². The summed E-state index contributed by atoms with van der Waals surface area (Å²) in [5.41, 5.74) is 11.4. The Hall–Kier alpha value is -1.29. The summed E-state index contributed by atoms with van der Waals surface area (Å²) in [6.45, 7) is 1.22. The molecule has 0 amide bonds. The zero-order valence-corrected chi connectivity index (χ0v) is 6.86. The van der Waals surface area contributed by atoms with Crippen molar-refractivity contribution in [2.75, 3.05) is 12.3 Å². The third-order valence-electron chi connectivity index (χ3n) is 1.61. The molecule has 0 radical (unpaired) electrons. The van der Waals surface area contributed by atoms with Gasteiger partial charge in [0.15, 0.2) is 0 Å². The van der Waals surface area contributed by atoms with E-state index in [1.54, 1.807) is 16.8 Å². The van der Waals surface area contributed by atoms with E-state index in [1.807, 2.05) is 0 Å². The molecule has 0 aliphatic carbocycles. The molecule has 0 saturated carbocycles. The van der Waals surface area contributed by atoms with E-state index >= 15 is 0 Å². The van der Waals surface area contributed by atoms with E-state index in [4.69, 9.17) is 11.5 Å². The largest absolute Gasteiger partial charge is 0.398 e. The van der Waals surface area contributed by atoms with Gasteiger partial charge in [-0.2, -0.15) is 0 Å². The number of pyridine rings is 1. The van der Waals surface area contributed by atoms with E-state index in [-0.39, 0.29) is 5.56 Å². The third kappa shape index (κ3) is 2.10. The van der Waals surface area contributed by atoms with Crippen molar-refractivity contribution < 1.29 is 0 Å². The highest BCUT2D eigenvalue weighted by atomic mass is 16.1. The van der Waals surface area contributed by atoms with Gasteiger partial charge in [0.25, 0.3) is 5.56 Å². The van der Waals surface area contributed by atoms with Crippen LogP contribution in [0.5, 0.6) is 0 Å². The molecule has 0 spiro atoms. The maximum atomic E-state index is 11.1. The van der Waals surface area contributed by atoms with Gasteiger partial charge in [-0.3, -0.25) is 4.79 Å². The van der Waals surface area contributed by atoms with E-state index in [2.05, 4.69) is 0 Å². The smallest absolute Gasteiger partial charge is 0.250 e. The highest BCUT2D eigenvalue weighted by molar-refractivity contribution is 5.33. The van der Waals surface area contributed by atoms with Crippen LogP contribution < -0.4 is 17.0 Å². The van der Waals surface area contributed by atoms with Gasteiger partial charge in [0.1, 0.15) is 0 Å². The number of aryl methyl sites for hydroxylation is 1. The molecule has 0 aliphatic rings. The van der Waals surface area contributed by atoms with E-state index in [0.717, 1.165) is 6.42 Å². The van der Waals surface area contributed by atoms with Crippen LogP contribution >= 0.6 is 0 Å². The van der Waals surface area contributed by atoms with Crippen molar-refractivity contribution in [2.24, 2.45) is 5.73 Å². The summed E-state index contributed by atoms with van der Waals surface area (Å²) in [6, 6.07) is 3.06. The number of hydrogen-bond acceptors (Lipinski definition) is 3. The van der Waals surface area contributed by atoms with Gasteiger partial charge in [0.05, 0.1) is 0 Å². The normalized spacial score (nSPS) is 10.1. The second-order valence-electron chi connectivity index (χ2n) is 2.64. The Kier molecular flexibility index (Phi) is 2.88. The first-order chi connectivity index (χ1) is 5.74. The molecule has 0 aliphatic heterocycles. The fourth-order valence-electron chi connectivity index (χ4n) is 0.986. The standard InChI is InChI=1S/C8H13N3O/c9-4-1-5-11-6-7(10)2-3-8(11)12/h2-3,6H,1,4-5,9-10H2. The minimum atomic E-state index is -0.0300. The molecule has 4 N–H and O–H groups in total. The van der Waals surface area contributed by atoms with Crippen LogP contribution in [0, 0.1) is 0 Å². The Bertz CT molecular complexity index is 305. The van der Waals surface area contributed by atoms with Gasteiger partial charge in [0.2, 0.25) is 0 Å². The molecular weight excluding hydrogens is 154 g/mol. The summed E-state index contributed by atoms with van der Waals surface area (Å²) in [5.74, 6) is 0. The maximum absolute atomic E-state index is 11.1. The first kappa shape index (κ1) is 8.80. The van der Waals surface area contributed by atoms with Crippen molar-refractivity contribution in [1.29, 1.82) is 0 Å². The predicted octanol–water partition coefficient (Wildman–Crippen LogP) is -0.221. The Labute approximate surface area is 70.8 Å². The minimum Gasteiger partial charge on any atom is -0.398 e. The third-order valence-corrected chi connectivity index (χ3v) is 1.61. The summed E-state index contributed by atoms with van der Waals surface area (Å²) in [7, 11) is 0. The van der Waals surface area contributed by atoms with Crippen LogP contribution in [0.2, 0.25) is 0 Å². The molecule has 1 heterocycles.